The van der Waals surface area contributed by atoms with Crippen molar-refractivity contribution in [2.45, 2.75) is 46.1 Å². The molecule has 1 aliphatic heterocycles. The van der Waals surface area contributed by atoms with Crippen LogP contribution in [0.15, 0.2) is 18.6 Å². The van der Waals surface area contributed by atoms with E-state index in [0.29, 0.717) is 12.0 Å². The summed E-state index contributed by atoms with van der Waals surface area (Å²) >= 11 is 0. The van der Waals surface area contributed by atoms with Crippen LogP contribution in [0.3, 0.4) is 0 Å². The largest absolute Gasteiger partial charge is 0.301 e. The molecule has 0 radical (unpaired) electrons. The molecule has 1 aliphatic rings. The lowest BCUT2D eigenvalue weighted by Crippen LogP contribution is -2.40. The predicted molar refractivity (Wildman–Crippen MR) is 87.5 cm³/mol. The van der Waals surface area contributed by atoms with E-state index in [-0.39, 0.29) is 0 Å². The first-order valence-electron chi connectivity index (χ1n) is 8.19. The smallest absolute Gasteiger partial charge is 0.0951 e. The number of hydrogen-bond donors (Lipinski definition) is 1. The van der Waals surface area contributed by atoms with Gasteiger partial charge in [-0.2, -0.15) is 5.10 Å². The van der Waals surface area contributed by atoms with Crippen molar-refractivity contribution < 1.29 is 0 Å². The molecule has 1 saturated heterocycles. The first kappa shape index (κ1) is 15.2. The lowest BCUT2D eigenvalue weighted by Gasteiger charge is -2.35. The number of nitrogens with zero attached hydrogens (tertiary/aromatic N) is 4. The Morgan fingerprint density at radius 3 is 2.86 bits per heavy atom. The maximum absolute atomic E-state index is 4.62. The minimum Gasteiger partial charge on any atom is -0.301 e. The maximum atomic E-state index is 4.62. The van der Waals surface area contributed by atoms with E-state index >= 15 is 0 Å². The fourth-order valence-corrected chi connectivity index (χ4v) is 3.34. The molecule has 0 bridgehead atoms. The molecule has 118 valence electrons. The fraction of sp³-hybridized carbons (Fsp3) is 0.588. The molecular formula is C17H25N5. The van der Waals surface area contributed by atoms with Crippen LogP contribution >= 0.6 is 0 Å². The van der Waals surface area contributed by atoms with Gasteiger partial charge in [0.15, 0.2) is 0 Å². The number of H-pyrrole nitrogens is 1. The zero-order valence-corrected chi connectivity index (χ0v) is 13.7. The second kappa shape index (κ2) is 6.57. The van der Waals surface area contributed by atoms with Crippen molar-refractivity contribution in [2.75, 3.05) is 13.1 Å². The van der Waals surface area contributed by atoms with Crippen molar-refractivity contribution in [1.82, 2.24) is 25.1 Å². The third kappa shape index (κ3) is 3.19. The summed E-state index contributed by atoms with van der Waals surface area (Å²) in [6.07, 6.45) is 8.98. The molecule has 22 heavy (non-hydrogen) atoms. The van der Waals surface area contributed by atoms with Crippen molar-refractivity contribution in [2.24, 2.45) is 5.92 Å². The summed E-state index contributed by atoms with van der Waals surface area (Å²) in [5.41, 5.74) is 4.20. The van der Waals surface area contributed by atoms with Crippen LogP contribution in [0, 0.1) is 12.8 Å². The average molecular weight is 299 g/mol. The highest BCUT2D eigenvalue weighted by molar-refractivity contribution is 5.62. The van der Waals surface area contributed by atoms with Crippen LogP contribution in [0.2, 0.25) is 0 Å². The lowest BCUT2D eigenvalue weighted by atomic mass is 9.91. The Hall–Kier alpha value is -1.75. The van der Waals surface area contributed by atoms with Gasteiger partial charge in [0.25, 0.3) is 0 Å². The summed E-state index contributed by atoms with van der Waals surface area (Å²) in [6, 6.07) is 0.625. The van der Waals surface area contributed by atoms with Crippen LogP contribution in [-0.2, 0) is 6.42 Å². The molecule has 3 rings (SSSR count). The highest BCUT2D eigenvalue weighted by Crippen LogP contribution is 2.27. The summed E-state index contributed by atoms with van der Waals surface area (Å²) in [5, 5.41) is 7.11. The van der Waals surface area contributed by atoms with Crippen molar-refractivity contribution >= 4 is 0 Å². The molecule has 1 N–H and O–H groups in total. The molecule has 0 unspecified atom stereocenters. The summed E-state index contributed by atoms with van der Waals surface area (Å²) < 4.78 is 0. The van der Waals surface area contributed by atoms with Crippen LogP contribution in [0.4, 0.5) is 0 Å². The van der Waals surface area contributed by atoms with Crippen molar-refractivity contribution in [1.29, 1.82) is 0 Å². The Bertz CT molecular complexity index is 619. The standard InChI is InChI=1S/C17H25N5/c1-12(2)22-8-4-5-14(11-22)9-16-17(19-7-6-18-16)15-10-20-21-13(15)3/h6-7,10,12,14H,4-5,8-9,11H2,1-3H3,(H,20,21)/t14-/m1/s1. The van der Waals surface area contributed by atoms with Gasteiger partial charge in [0, 0.05) is 36.2 Å². The van der Waals surface area contributed by atoms with E-state index < -0.39 is 0 Å². The zero-order chi connectivity index (χ0) is 15.5. The Balaban J connectivity index is 1.80. The lowest BCUT2D eigenvalue weighted by molar-refractivity contribution is 0.139. The highest BCUT2D eigenvalue weighted by Gasteiger charge is 2.24. The number of aryl methyl sites for hydroxylation is 1. The fourth-order valence-electron chi connectivity index (χ4n) is 3.34. The SMILES string of the molecule is Cc1[nH]ncc1-c1nccnc1C[C@H]1CCCN(C(C)C)C1. The van der Waals surface area contributed by atoms with Gasteiger partial charge in [0.2, 0.25) is 0 Å². The summed E-state index contributed by atoms with van der Waals surface area (Å²) in [6.45, 7) is 8.98. The number of nitrogens with one attached hydrogen (secondary N) is 1. The number of likely N-dealkylation sites (tertiary alicyclic amines) is 1. The molecule has 0 saturated carbocycles. The molecule has 2 aromatic heterocycles. The van der Waals surface area contributed by atoms with Gasteiger partial charge in [-0.25, -0.2) is 0 Å². The second-order valence-corrected chi connectivity index (χ2v) is 6.56. The number of aromatic amines is 1. The molecule has 0 amide bonds. The van der Waals surface area contributed by atoms with Crippen LogP contribution in [0.25, 0.3) is 11.3 Å². The topological polar surface area (TPSA) is 57.7 Å². The molecule has 3 heterocycles. The molecule has 2 aromatic rings. The minimum atomic E-state index is 0.625. The summed E-state index contributed by atoms with van der Waals surface area (Å²) in [4.78, 5) is 11.8. The first-order valence-corrected chi connectivity index (χ1v) is 8.19. The average Bonchev–Trinajstić information content (AvgIpc) is 2.94. The predicted octanol–water partition coefficient (Wildman–Crippen LogP) is 2.84. The minimum absolute atomic E-state index is 0.625. The van der Waals surface area contributed by atoms with Gasteiger partial charge < -0.3 is 4.90 Å². The molecule has 1 fully saturated rings. The van der Waals surface area contributed by atoms with Crippen LogP contribution in [-0.4, -0.2) is 44.2 Å². The van der Waals surface area contributed by atoms with Crippen molar-refractivity contribution in [3.63, 3.8) is 0 Å². The molecule has 0 spiro atoms. The van der Waals surface area contributed by atoms with E-state index in [1.807, 2.05) is 13.1 Å². The molecule has 5 nitrogen and oxygen atoms in total. The van der Waals surface area contributed by atoms with Gasteiger partial charge in [0.05, 0.1) is 17.6 Å². The molecular weight excluding hydrogens is 274 g/mol. The molecule has 0 aliphatic carbocycles. The molecule has 1 atom stereocenters. The van der Waals surface area contributed by atoms with E-state index in [9.17, 15) is 0 Å². The van der Waals surface area contributed by atoms with Crippen molar-refractivity contribution in [3.8, 4) is 11.3 Å². The van der Waals surface area contributed by atoms with Gasteiger partial charge in [-0.3, -0.25) is 15.1 Å². The molecule has 5 heteroatoms. The van der Waals surface area contributed by atoms with Crippen molar-refractivity contribution in [3.05, 3.63) is 30.0 Å². The number of aromatic nitrogens is 4. The van der Waals surface area contributed by atoms with Gasteiger partial charge in [0.1, 0.15) is 0 Å². The quantitative estimate of drug-likeness (QED) is 0.943. The van der Waals surface area contributed by atoms with Gasteiger partial charge >= 0.3 is 0 Å². The van der Waals surface area contributed by atoms with E-state index in [4.69, 9.17) is 0 Å². The van der Waals surface area contributed by atoms with Crippen LogP contribution in [0.5, 0.6) is 0 Å². The second-order valence-electron chi connectivity index (χ2n) is 6.56. The van der Waals surface area contributed by atoms with Gasteiger partial charge in [-0.05, 0) is 52.5 Å². The normalized spacial score (nSPS) is 19.7. The van der Waals surface area contributed by atoms with E-state index in [1.165, 1.54) is 19.4 Å². The number of rotatable bonds is 4. The highest BCUT2D eigenvalue weighted by atomic mass is 15.2. The summed E-state index contributed by atoms with van der Waals surface area (Å²) in [5.74, 6) is 0.666. The third-order valence-corrected chi connectivity index (χ3v) is 4.62. The Morgan fingerprint density at radius 2 is 2.14 bits per heavy atom. The van der Waals surface area contributed by atoms with Gasteiger partial charge in [-0.15, -0.1) is 0 Å². The maximum Gasteiger partial charge on any atom is 0.0951 e. The third-order valence-electron chi connectivity index (χ3n) is 4.62. The first-order chi connectivity index (χ1) is 10.6. The Labute approximate surface area is 132 Å². The molecule has 0 aromatic carbocycles. The number of hydrogen-bond acceptors (Lipinski definition) is 4. The van der Waals surface area contributed by atoms with Gasteiger partial charge in [-0.1, -0.05) is 0 Å². The zero-order valence-electron chi connectivity index (χ0n) is 13.7. The monoisotopic (exact) mass is 299 g/mol. The summed E-state index contributed by atoms with van der Waals surface area (Å²) in [7, 11) is 0. The number of piperidine rings is 1. The van der Waals surface area contributed by atoms with E-state index in [1.54, 1.807) is 12.4 Å². The van der Waals surface area contributed by atoms with Crippen LogP contribution in [0.1, 0.15) is 38.1 Å². The Morgan fingerprint density at radius 1 is 1.32 bits per heavy atom. The van der Waals surface area contributed by atoms with Crippen LogP contribution < -0.4 is 0 Å². The Kier molecular flexibility index (Phi) is 4.52. The van der Waals surface area contributed by atoms with E-state index in [0.717, 1.165) is 35.6 Å². The van der Waals surface area contributed by atoms with E-state index in [2.05, 4.69) is 38.9 Å².